The molecule has 1 aromatic carbocycles. The molecule has 0 aliphatic heterocycles. The molecule has 0 fully saturated rings. The zero-order valence-electron chi connectivity index (χ0n) is 9.10. The molecular formula is C11H14ClF3N2. The number of benzene rings is 1. The fourth-order valence-corrected chi connectivity index (χ4v) is 1.76. The molecule has 0 heterocycles. The normalized spacial score (nSPS) is 13.8. The van der Waals surface area contributed by atoms with E-state index in [2.05, 4.69) is 0 Å². The van der Waals surface area contributed by atoms with Gasteiger partial charge in [-0.05, 0) is 37.1 Å². The SMILES string of the molecule is NCCC[C@@H](N)c1ccc(Cl)cc1C(F)(F)F. The maximum atomic E-state index is 12.8. The summed E-state index contributed by atoms with van der Waals surface area (Å²) in [5.41, 5.74) is 10.3. The molecule has 0 saturated heterocycles. The van der Waals surface area contributed by atoms with Crippen LogP contribution in [0.15, 0.2) is 18.2 Å². The van der Waals surface area contributed by atoms with Gasteiger partial charge in [-0.15, -0.1) is 0 Å². The Morgan fingerprint density at radius 2 is 1.94 bits per heavy atom. The second-order valence-electron chi connectivity index (χ2n) is 3.77. The monoisotopic (exact) mass is 266 g/mol. The lowest BCUT2D eigenvalue weighted by molar-refractivity contribution is -0.138. The van der Waals surface area contributed by atoms with Gasteiger partial charge in [-0.3, -0.25) is 0 Å². The molecule has 2 nitrogen and oxygen atoms in total. The van der Waals surface area contributed by atoms with Crippen LogP contribution >= 0.6 is 11.6 Å². The van der Waals surface area contributed by atoms with Crippen LogP contribution in [-0.2, 0) is 6.18 Å². The number of halogens is 4. The molecule has 0 spiro atoms. The summed E-state index contributed by atoms with van der Waals surface area (Å²) in [4.78, 5) is 0. The molecule has 0 bridgehead atoms. The fraction of sp³-hybridized carbons (Fsp3) is 0.455. The van der Waals surface area contributed by atoms with Crippen LogP contribution < -0.4 is 11.5 Å². The van der Waals surface area contributed by atoms with Gasteiger partial charge in [0.25, 0.3) is 0 Å². The second-order valence-corrected chi connectivity index (χ2v) is 4.20. The average molecular weight is 267 g/mol. The summed E-state index contributed by atoms with van der Waals surface area (Å²) in [6.07, 6.45) is -3.44. The lowest BCUT2D eigenvalue weighted by atomic mass is 9.97. The van der Waals surface area contributed by atoms with Crippen molar-refractivity contribution in [2.75, 3.05) is 6.54 Å². The first-order valence-electron chi connectivity index (χ1n) is 5.18. The maximum Gasteiger partial charge on any atom is 0.416 e. The average Bonchev–Trinajstić information content (AvgIpc) is 2.24. The predicted molar refractivity (Wildman–Crippen MR) is 61.7 cm³/mol. The molecule has 1 aromatic rings. The standard InChI is InChI=1S/C11H14ClF3N2/c12-7-3-4-8(10(17)2-1-5-16)9(6-7)11(13,14)15/h3-4,6,10H,1-2,5,16-17H2/t10-/m1/s1. The van der Waals surface area contributed by atoms with Crippen molar-refractivity contribution in [1.29, 1.82) is 0 Å². The highest BCUT2D eigenvalue weighted by Gasteiger charge is 2.34. The van der Waals surface area contributed by atoms with Crippen molar-refractivity contribution in [3.63, 3.8) is 0 Å². The first kappa shape index (κ1) is 14.3. The maximum absolute atomic E-state index is 12.8. The molecule has 1 rings (SSSR count). The summed E-state index contributed by atoms with van der Waals surface area (Å²) >= 11 is 5.57. The molecule has 17 heavy (non-hydrogen) atoms. The number of hydrogen-bond donors (Lipinski definition) is 2. The zero-order valence-corrected chi connectivity index (χ0v) is 9.85. The van der Waals surface area contributed by atoms with E-state index in [4.69, 9.17) is 23.1 Å². The number of rotatable bonds is 4. The van der Waals surface area contributed by atoms with Gasteiger partial charge in [-0.2, -0.15) is 13.2 Å². The van der Waals surface area contributed by atoms with Gasteiger partial charge in [0.05, 0.1) is 5.56 Å². The van der Waals surface area contributed by atoms with E-state index in [1.54, 1.807) is 0 Å². The van der Waals surface area contributed by atoms with Crippen molar-refractivity contribution in [3.05, 3.63) is 34.3 Å². The van der Waals surface area contributed by atoms with Gasteiger partial charge in [0.2, 0.25) is 0 Å². The Morgan fingerprint density at radius 1 is 1.29 bits per heavy atom. The third kappa shape index (κ3) is 3.87. The summed E-state index contributed by atoms with van der Waals surface area (Å²) in [7, 11) is 0. The third-order valence-corrected chi connectivity index (χ3v) is 2.67. The molecule has 0 aromatic heterocycles. The van der Waals surface area contributed by atoms with E-state index in [0.717, 1.165) is 6.07 Å². The number of hydrogen-bond acceptors (Lipinski definition) is 2. The summed E-state index contributed by atoms with van der Waals surface area (Å²) in [6.45, 7) is 0.405. The third-order valence-electron chi connectivity index (χ3n) is 2.44. The quantitative estimate of drug-likeness (QED) is 0.880. The molecule has 0 aliphatic rings. The topological polar surface area (TPSA) is 52.0 Å². The summed E-state index contributed by atoms with van der Waals surface area (Å²) < 4.78 is 38.3. The van der Waals surface area contributed by atoms with Crippen molar-refractivity contribution >= 4 is 11.6 Å². The van der Waals surface area contributed by atoms with Crippen molar-refractivity contribution < 1.29 is 13.2 Å². The summed E-state index contributed by atoms with van der Waals surface area (Å²) in [6, 6.07) is 2.97. The van der Waals surface area contributed by atoms with Gasteiger partial charge >= 0.3 is 6.18 Å². The molecule has 0 radical (unpaired) electrons. The van der Waals surface area contributed by atoms with Gasteiger partial charge in [-0.25, -0.2) is 0 Å². The summed E-state index contributed by atoms with van der Waals surface area (Å²) in [5.74, 6) is 0. The number of nitrogens with two attached hydrogens (primary N) is 2. The van der Waals surface area contributed by atoms with Crippen molar-refractivity contribution in [2.24, 2.45) is 11.5 Å². The first-order chi connectivity index (χ1) is 7.86. The Labute approximate surface area is 103 Å². The molecular weight excluding hydrogens is 253 g/mol. The molecule has 1 atom stereocenters. The summed E-state index contributed by atoms with van der Waals surface area (Å²) in [5, 5.41) is 0.0482. The molecule has 6 heteroatoms. The Bertz CT molecular complexity index is 379. The van der Waals surface area contributed by atoms with Crippen LogP contribution in [0.3, 0.4) is 0 Å². The molecule has 4 N–H and O–H groups in total. The van der Waals surface area contributed by atoms with Crippen LogP contribution in [0, 0.1) is 0 Å². The van der Waals surface area contributed by atoms with Gasteiger partial charge in [0, 0.05) is 11.1 Å². The molecule has 96 valence electrons. The zero-order chi connectivity index (χ0) is 13.1. The van der Waals surface area contributed by atoms with Crippen LogP contribution in [0.5, 0.6) is 0 Å². The smallest absolute Gasteiger partial charge is 0.330 e. The Morgan fingerprint density at radius 3 is 2.47 bits per heavy atom. The van der Waals surface area contributed by atoms with Crippen LogP contribution in [0.2, 0.25) is 5.02 Å². The van der Waals surface area contributed by atoms with E-state index in [1.165, 1.54) is 12.1 Å². The van der Waals surface area contributed by atoms with E-state index >= 15 is 0 Å². The first-order valence-corrected chi connectivity index (χ1v) is 5.56. The van der Waals surface area contributed by atoms with Crippen LogP contribution in [0.4, 0.5) is 13.2 Å². The fourth-order valence-electron chi connectivity index (χ4n) is 1.59. The Hall–Kier alpha value is -0.780. The van der Waals surface area contributed by atoms with Crippen LogP contribution in [0.25, 0.3) is 0 Å². The minimum atomic E-state index is -4.44. The van der Waals surface area contributed by atoms with E-state index in [9.17, 15) is 13.2 Å². The van der Waals surface area contributed by atoms with Crippen molar-refractivity contribution in [2.45, 2.75) is 25.1 Å². The molecule has 0 aliphatic carbocycles. The van der Waals surface area contributed by atoms with E-state index < -0.39 is 17.8 Å². The minimum Gasteiger partial charge on any atom is -0.330 e. The Balaban J connectivity index is 3.06. The van der Waals surface area contributed by atoms with Gasteiger partial charge < -0.3 is 11.5 Å². The van der Waals surface area contributed by atoms with Crippen LogP contribution in [0.1, 0.15) is 30.0 Å². The Kier molecular flexibility index (Phi) is 4.80. The van der Waals surface area contributed by atoms with E-state index in [-0.39, 0.29) is 10.6 Å². The minimum absolute atomic E-state index is 0.0482. The highest BCUT2D eigenvalue weighted by atomic mass is 35.5. The van der Waals surface area contributed by atoms with Gasteiger partial charge in [0.1, 0.15) is 0 Å². The highest BCUT2D eigenvalue weighted by Crippen LogP contribution is 2.36. The molecule has 0 amide bonds. The van der Waals surface area contributed by atoms with Crippen LogP contribution in [-0.4, -0.2) is 6.54 Å². The molecule has 0 unspecified atom stereocenters. The van der Waals surface area contributed by atoms with Crippen molar-refractivity contribution in [1.82, 2.24) is 0 Å². The lowest BCUT2D eigenvalue weighted by Gasteiger charge is -2.18. The largest absolute Gasteiger partial charge is 0.416 e. The lowest BCUT2D eigenvalue weighted by Crippen LogP contribution is -2.18. The van der Waals surface area contributed by atoms with Gasteiger partial charge in [-0.1, -0.05) is 17.7 Å². The highest BCUT2D eigenvalue weighted by molar-refractivity contribution is 6.30. The van der Waals surface area contributed by atoms with E-state index in [0.29, 0.717) is 19.4 Å². The van der Waals surface area contributed by atoms with E-state index in [1.807, 2.05) is 0 Å². The molecule has 0 saturated carbocycles. The van der Waals surface area contributed by atoms with Crippen molar-refractivity contribution in [3.8, 4) is 0 Å². The van der Waals surface area contributed by atoms with Gasteiger partial charge in [0.15, 0.2) is 0 Å². The second kappa shape index (κ2) is 5.71. The predicted octanol–water partition coefficient (Wildman–Crippen LogP) is 3.10. The number of alkyl halides is 3.